The Kier molecular flexibility index (Phi) is 3.89. The highest BCUT2D eigenvalue weighted by atomic mass is 35.5. The largest absolute Gasteiger partial charge is 0.478 e. The number of anilines is 1. The first-order chi connectivity index (χ1) is 10.5. The third-order valence-electron chi connectivity index (χ3n) is 3.55. The van der Waals surface area contributed by atoms with Crippen molar-refractivity contribution in [1.82, 2.24) is 0 Å². The zero-order valence-corrected chi connectivity index (χ0v) is 13.2. The van der Waals surface area contributed by atoms with Gasteiger partial charge in [-0.15, -0.1) is 0 Å². The van der Waals surface area contributed by atoms with Crippen molar-refractivity contribution in [2.75, 3.05) is 11.4 Å². The molecule has 0 bridgehead atoms. The first kappa shape index (κ1) is 15.0. The van der Waals surface area contributed by atoms with Crippen molar-refractivity contribution in [3.8, 4) is 5.75 Å². The summed E-state index contributed by atoms with van der Waals surface area (Å²) in [5, 5.41) is 10.2. The predicted octanol–water partition coefficient (Wildman–Crippen LogP) is 4.61. The maximum absolute atomic E-state index is 11.1. The Morgan fingerprint density at radius 2 is 1.91 bits per heavy atom. The fourth-order valence-electron chi connectivity index (χ4n) is 2.59. The van der Waals surface area contributed by atoms with Crippen LogP contribution in [0.4, 0.5) is 5.69 Å². The maximum atomic E-state index is 11.1. The number of carbonyl (C=O) groups is 1. The summed E-state index contributed by atoms with van der Waals surface area (Å²) in [7, 11) is 0. The lowest BCUT2D eigenvalue weighted by molar-refractivity contribution is 0.0696. The molecule has 1 heterocycles. The summed E-state index contributed by atoms with van der Waals surface area (Å²) < 4.78 is 5.94. The molecule has 2 aromatic rings. The Labute approximate surface area is 137 Å². The molecular weight excluding hydrogens is 325 g/mol. The molecule has 1 aliphatic heterocycles. The van der Waals surface area contributed by atoms with E-state index in [1.807, 2.05) is 11.8 Å². The second-order valence-corrected chi connectivity index (χ2v) is 5.82. The van der Waals surface area contributed by atoms with Gasteiger partial charge >= 0.3 is 5.97 Å². The molecule has 22 heavy (non-hydrogen) atoms. The van der Waals surface area contributed by atoms with Gasteiger partial charge in [0.25, 0.3) is 0 Å². The molecule has 4 nitrogen and oxygen atoms in total. The van der Waals surface area contributed by atoms with Crippen LogP contribution in [0.25, 0.3) is 0 Å². The van der Waals surface area contributed by atoms with Crippen molar-refractivity contribution in [1.29, 1.82) is 0 Å². The molecule has 0 spiro atoms. The Bertz CT molecular complexity index is 728. The first-order valence-electron chi connectivity index (χ1n) is 6.76. The van der Waals surface area contributed by atoms with Gasteiger partial charge in [-0.05, 0) is 43.3 Å². The maximum Gasteiger partial charge on any atom is 0.335 e. The van der Waals surface area contributed by atoms with Gasteiger partial charge in [-0.2, -0.15) is 0 Å². The van der Waals surface area contributed by atoms with E-state index in [1.165, 1.54) is 6.07 Å². The Morgan fingerprint density at radius 1 is 1.23 bits per heavy atom. The molecule has 0 aliphatic carbocycles. The fraction of sp³-hybridized carbons (Fsp3) is 0.188. The number of rotatable bonds is 3. The number of aromatic carboxylic acids is 1. The van der Waals surface area contributed by atoms with Gasteiger partial charge in [0.1, 0.15) is 5.75 Å². The highest BCUT2D eigenvalue weighted by Gasteiger charge is 2.32. The summed E-state index contributed by atoms with van der Waals surface area (Å²) in [4.78, 5) is 13.1. The number of nitrogens with zero attached hydrogens (tertiary/aromatic N) is 1. The summed E-state index contributed by atoms with van der Waals surface area (Å²) in [5.74, 6) is -0.438. The molecule has 0 aromatic heterocycles. The summed E-state index contributed by atoms with van der Waals surface area (Å²) >= 11 is 12.1. The molecule has 0 fully saturated rings. The summed E-state index contributed by atoms with van der Waals surface area (Å²) in [6, 6.07) is 10.1. The standard InChI is InChI=1S/C16H13Cl2NO3/c1-2-19-13-4-3-9(16(20)21)7-14(13)22-15(19)10-5-11(17)8-12(18)6-10/h3-8,15H,2H2,1H3,(H,20,21). The van der Waals surface area contributed by atoms with Crippen LogP contribution in [-0.4, -0.2) is 17.6 Å². The van der Waals surface area contributed by atoms with Crippen LogP contribution in [0.1, 0.15) is 29.1 Å². The molecule has 2 aromatic carbocycles. The summed E-state index contributed by atoms with van der Waals surface area (Å²) in [6.07, 6.45) is -0.375. The monoisotopic (exact) mass is 337 g/mol. The van der Waals surface area contributed by atoms with Crippen LogP contribution in [0.2, 0.25) is 10.0 Å². The van der Waals surface area contributed by atoms with E-state index in [-0.39, 0.29) is 11.8 Å². The first-order valence-corrected chi connectivity index (χ1v) is 7.52. The zero-order chi connectivity index (χ0) is 15.9. The SMILES string of the molecule is CCN1c2ccc(C(=O)O)cc2OC1c1cc(Cl)cc(Cl)c1. The molecule has 1 atom stereocenters. The van der Waals surface area contributed by atoms with Crippen LogP contribution in [0, 0.1) is 0 Å². The average Bonchev–Trinajstić information content (AvgIpc) is 2.83. The van der Waals surface area contributed by atoms with Gasteiger partial charge in [-0.3, -0.25) is 0 Å². The average molecular weight is 338 g/mol. The van der Waals surface area contributed by atoms with Crippen molar-refractivity contribution in [3.05, 3.63) is 57.6 Å². The van der Waals surface area contributed by atoms with Crippen LogP contribution in [-0.2, 0) is 0 Å². The number of carboxylic acids is 1. The summed E-state index contributed by atoms with van der Waals surface area (Å²) in [5.41, 5.74) is 1.88. The van der Waals surface area contributed by atoms with Gasteiger partial charge in [-0.1, -0.05) is 23.2 Å². The Balaban J connectivity index is 2.02. The van der Waals surface area contributed by atoms with Gasteiger partial charge < -0.3 is 14.7 Å². The molecule has 6 heteroatoms. The van der Waals surface area contributed by atoms with Gasteiger partial charge in [0.05, 0.1) is 11.3 Å². The second-order valence-electron chi connectivity index (χ2n) is 4.95. The number of halogens is 2. The van der Waals surface area contributed by atoms with Gasteiger partial charge in [0.15, 0.2) is 6.23 Å². The number of benzene rings is 2. The predicted molar refractivity (Wildman–Crippen MR) is 86.3 cm³/mol. The molecule has 1 unspecified atom stereocenters. The third-order valence-corrected chi connectivity index (χ3v) is 3.99. The van der Waals surface area contributed by atoms with Crippen LogP contribution < -0.4 is 9.64 Å². The molecule has 114 valence electrons. The van der Waals surface area contributed by atoms with Crippen LogP contribution in [0.3, 0.4) is 0 Å². The van der Waals surface area contributed by atoms with Gasteiger partial charge in [0.2, 0.25) is 0 Å². The van der Waals surface area contributed by atoms with Gasteiger partial charge in [0, 0.05) is 22.2 Å². The van der Waals surface area contributed by atoms with Crippen molar-refractivity contribution < 1.29 is 14.6 Å². The topological polar surface area (TPSA) is 49.8 Å². The lowest BCUT2D eigenvalue weighted by atomic mass is 10.1. The Morgan fingerprint density at radius 3 is 2.50 bits per heavy atom. The molecule has 1 N–H and O–H groups in total. The van der Waals surface area contributed by atoms with E-state index >= 15 is 0 Å². The number of ether oxygens (including phenoxy) is 1. The van der Waals surface area contributed by atoms with E-state index in [1.54, 1.807) is 30.3 Å². The third kappa shape index (κ3) is 2.60. The second kappa shape index (κ2) is 5.71. The molecule has 0 saturated heterocycles. The minimum absolute atomic E-state index is 0.194. The van der Waals surface area contributed by atoms with Crippen LogP contribution >= 0.6 is 23.2 Å². The van der Waals surface area contributed by atoms with E-state index in [2.05, 4.69) is 0 Å². The molecule has 3 rings (SSSR count). The number of fused-ring (bicyclic) bond motifs is 1. The van der Waals surface area contributed by atoms with Gasteiger partial charge in [-0.25, -0.2) is 4.79 Å². The van der Waals surface area contributed by atoms with Crippen LogP contribution in [0.5, 0.6) is 5.75 Å². The van der Waals surface area contributed by atoms with Crippen molar-refractivity contribution in [3.63, 3.8) is 0 Å². The Hall–Kier alpha value is -1.91. The molecule has 1 aliphatic rings. The number of hydrogen-bond donors (Lipinski definition) is 1. The number of carboxylic acid groups (broad SMARTS) is 1. The van der Waals surface area contributed by atoms with E-state index < -0.39 is 5.97 Å². The van der Waals surface area contributed by atoms with E-state index in [4.69, 9.17) is 33.0 Å². The van der Waals surface area contributed by atoms with Crippen molar-refractivity contribution in [2.45, 2.75) is 13.2 Å². The lowest BCUT2D eigenvalue weighted by Gasteiger charge is -2.24. The molecular formula is C16H13Cl2NO3. The van der Waals surface area contributed by atoms with Crippen molar-refractivity contribution >= 4 is 34.9 Å². The normalized spacial score (nSPS) is 16.3. The number of hydrogen-bond acceptors (Lipinski definition) is 3. The highest BCUT2D eigenvalue weighted by molar-refractivity contribution is 6.34. The lowest BCUT2D eigenvalue weighted by Crippen LogP contribution is -2.26. The molecule has 0 radical (unpaired) electrons. The zero-order valence-electron chi connectivity index (χ0n) is 11.7. The van der Waals surface area contributed by atoms with E-state index in [9.17, 15) is 4.79 Å². The minimum Gasteiger partial charge on any atom is -0.478 e. The fourth-order valence-corrected chi connectivity index (χ4v) is 3.13. The minimum atomic E-state index is -0.983. The van der Waals surface area contributed by atoms with E-state index in [0.717, 1.165) is 11.3 Å². The summed E-state index contributed by atoms with van der Waals surface area (Å²) in [6.45, 7) is 2.71. The van der Waals surface area contributed by atoms with E-state index in [0.29, 0.717) is 22.3 Å². The molecule has 0 amide bonds. The molecule has 0 saturated carbocycles. The highest BCUT2D eigenvalue weighted by Crippen LogP contribution is 2.44. The van der Waals surface area contributed by atoms with Crippen LogP contribution in [0.15, 0.2) is 36.4 Å². The quantitative estimate of drug-likeness (QED) is 0.888. The van der Waals surface area contributed by atoms with Crippen molar-refractivity contribution in [2.24, 2.45) is 0 Å². The smallest absolute Gasteiger partial charge is 0.335 e.